The van der Waals surface area contributed by atoms with Crippen molar-refractivity contribution in [2.75, 3.05) is 5.32 Å². The summed E-state index contributed by atoms with van der Waals surface area (Å²) in [6.45, 7) is 0.615. The van der Waals surface area contributed by atoms with E-state index in [1.807, 2.05) is 53.9 Å². The summed E-state index contributed by atoms with van der Waals surface area (Å²) in [5, 5.41) is 5.40. The first-order chi connectivity index (χ1) is 13.7. The predicted molar refractivity (Wildman–Crippen MR) is 111 cm³/mol. The van der Waals surface area contributed by atoms with Crippen LogP contribution < -0.4 is 10.9 Å². The molecule has 0 spiro atoms. The second-order valence-corrected chi connectivity index (χ2v) is 7.29. The summed E-state index contributed by atoms with van der Waals surface area (Å²) in [5.41, 5.74) is 1.12. The fourth-order valence-corrected chi connectivity index (χ4v) is 3.62. The van der Waals surface area contributed by atoms with Crippen LogP contribution in [0.15, 0.2) is 76.9 Å². The maximum atomic E-state index is 12.9. The van der Waals surface area contributed by atoms with E-state index in [1.165, 1.54) is 0 Å². The van der Waals surface area contributed by atoms with Crippen molar-refractivity contribution >= 4 is 34.0 Å². The summed E-state index contributed by atoms with van der Waals surface area (Å²) in [7, 11) is 0. The van der Waals surface area contributed by atoms with Gasteiger partial charge in [0.25, 0.3) is 5.56 Å². The minimum Gasteiger partial charge on any atom is -0.312 e. The normalized spacial score (nSPS) is 10.7. The average molecular weight is 390 g/mol. The SMILES string of the molecule is O=C(Nc1ccccc1)N(Cc1nc2ccccc2c(=O)[nH]1)Cc1cccs1. The minimum absolute atomic E-state index is 0.191. The van der Waals surface area contributed by atoms with E-state index >= 15 is 0 Å². The Hall–Kier alpha value is -3.45. The number of anilines is 1. The first-order valence-electron chi connectivity index (χ1n) is 8.80. The van der Waals surface area contributed by atoms with Gasteiger partial charge in [-0.25, -0.2) is 9.78 Å². The lowest BCUT2D eigenvalue weighted by Gasteiger charge is -2.22. The van der Waals surface area contributed by atoms with Gasteiger partial charge in [-0.15, -0.1) is 11.3 Å². The molecule has 4 rings (SSSR count). The number of hydrogen-bond donors (Lipinski definition) is 2. The number of fused-ring (bicyclic) bond motifs is 1. The molecule has 0 atom stereocenters. The summed E-state index contributed by atoms with van der Waals surface area (Å²) in [4.78, 5) is 35.2. The number of thiophene rings is 1. The standard InChI is InChI=1S/C21H18N4O2S/c26-20-17-10-4-5-11-18(17)23-19(24-20)14-25(13-16-9-6-12-28-16)21(27)22-15-7-2-1-3-8-15/h1-12H,13-14H2,(H,22,27)(H,23,24,26). The molecular formula is C21H18N4O2S. The fourth-order valence-electron chi connectivity index (χ4n) is 2.90. The van der Waals surface area contributed by atoms with Crippen molar-refractivity contribution in [1.29, 1.82) is 0 Å². The number of rotatable bonds is 5. The van der Waals surface area contributed by atoms with E-state index in [1.54, 1.807) is 34.4 Å². The van der Waals surface area contributed by atoms with Crippen LogP contribution in [0.2, 0.25) is 0 Å². The number of benzene rings is 2. The molecule has 2 heterocycles. The van der Waals surface area contributed by atoms with Crippen molar-refractivity contribution in [3.05, 3.63) is 93.2 Å². The second kappa shape index (κ2) is 8.06. The lowest BCUT2D eigenvalue weighted by molar-refractivity contribution is 0.205. The van der Waals surface area contributed by atoms with Crippen LogP contribution in [0.3, 0.4) is 0 Å². The molecule has 4 aromatic rings. The zero-order valence-electron chi connectivity index (χ0n) is 15.0. The molecule has 7 heteroatoms. The van der Waals surface area contributed by atoms with Gasteiger partial charge in [-0.3, -0.25) is 4.79 Å². The summed E-state index contributed by atoms with van der Waals surface area (Å²) in [5.74, 6) is 0.448. The molecule has 0 aliphatic carbocycles. The molecule has 0 unspecified atom stereocenters. The van der Waals surface area contributed by atoms with E-state index in [0.717, 1.165) is 4.88 Å². The van der Waals surface area contributed by atoms with Crippen molar-refractivity contribution < 1.29 is 4.79 Å². The van der Waals surface area contributed by atoms with Crippen molar-refractivity contribution in [3.8, 4) is 0 Å². The number of urea groups is 1. The van der Waals surface area contributed by atoms with E-state index in [0.29, 0.717) is 29.0 Å². The molecule has 0 aliphatic heterocycles. The Morgan fingerprint density at radius 3 is 2.57 bits per heavy atom. The Kier molecular flexibility index (Phi) is 5.16. The largest absolute Gasteiger partial charge is 0.322 e. The van der Waals surface area contributed by atoms with E-state index in [9.17, 15) is 9.59 Å². The van der Waals surface area contributed by atoms with E-state index in [-0.39, 0.29) is 18.1 Å². The van der Waals surface area contributed by atoms with Gasteiger partial charge in [0.05, 0.1) is 24.0 Å². The number of para-hydroxylation sites is 2. The van der Waals surface area contributed by atoms with Crippen LogP contribution in [0.1, 0.15) is 10.7 Å². The smallest absolute Gasteiger partial charge is 0.312 e. The van der Waals surface area contributed by atoms with Crippen LogP contribution in [-0.2, 0) is 13.1 Å². The molecule has 28 heavy (non-hydrogen) atoms. The zero-order valence-corrected chi connectivity index (χ0v) is 15.8. The van der Waals surface area contributed by atoms with Gasteiger partial charge >= 0.3 is 6.03 Å². The topological polar surface area (TPSA) is 78.1 Å². The summed E-state index contributed by atoms with van der Waals surface area (Å²) in [6, 6.07) is 20.1. The van der Waals surface area contributed by atoms with Gasteiger partial charge in [-0.05, 0) is 35.7 Å². The Bertz CT molecular complexity index is 1140. The minimum atomic E-state index is -0.254. The Morgan fingerprint density at radius 2 is 1.79 bits per heavy atom. The zero-order chi connectivity index (χ0) is 19.3. The molecule has 0 radical (unpaired) electrons. The van der Waals surface area contributed by atoms with Gasteiger partial charge in [-0.2, -0.15) is 0 Å². The molecule has 140 valence electrons. The lowest BCUT2D eigenvalue weighted by Crippen LogP contribution is -2.35. The maximum absolute atomic E-state index is 12.9. The van der Waals surface area contributed by atoms with Crippen molar-refractivity contribution in [3.63, 3.8) is 0 Å². The van der Waals surface area contributed by atoms with Gasteiger partial charge in [0.1, 0.15) is 5.82 Å². The molecule has 6 nitrogen and oxygen atoms in total. The van der Waals surface area contributed by atoms with Crippen LogP contribution in [-0.4, -0.2) is 20.9 Å². The van der Waals surface area contributed by atoms with Gasteiger partial charge in [0.2, 0.25) is 0 Å². The highest BCUT2D eigenvalue weighted by atomic mass is 32.1. The predicted octanol–water partition coefficient (Wildman–Crippen LogP) is 4.22. The van der Waals surface area contributed by atoms with Crippen LogP contribution in [0.4, 0.5) is 10.5 Å². The first-order valence-corrected chi connectivity index (χ1v) is 9.68. The van der Waals surface area contributed by atoms with Gasteiger partial charge in [-0.1, -0.05) is 36.4 Å². The molecule has 0 aliphatic rings. The highest BCUT2D eigenvalue weighted by Gasteiger charge is 2.17. The molecule has 0 fully saturated rings. The van der Waals surface area contributed by atoms with Crippen LogP contribution in [0.25, 0.3) is 10.9 Å². The second-order valence-electron chi connectivity index (χ2n) is 6.26. The number of aromatic amines is 1. The number of nitrogens with one attached hydrogen (secondary N) is 2. The van der Waals surface area contributed by atoms with Gasteiger partial charge in [0.15, 0.2) is 0 Å². The van der Waals surface area contributed by atoms with E-state index < -0.39 is 0 Å². The third kappa shape index (κ3) is 4.10. The lowest BCUT2D eigenvalue weighted by atomic mass is 10.2. The van der Waals surface area contributed by atoms with Gasteiger partial charge < -0.3 is 15.2 Å². The Balaban J connectivity index is 1.61. The van der Waals surface area contributed by atoms with Crippen LogP contribution in [0, 0.1) is 0 Å². The monoisotopic (exact) mass is 390 g/mol. The fraction of sp³-hybridized carbons (Fsp3) is 0.0952. The summed E-state index contributed by atoms with van der Waals surface area (Å²) in [6.07, 6.45) is 0. The molecule has 0 saturated heterocycles. The quantitative estimate of drug-likeness (QED) is 0.536. The first kappa shape index (κ1) is 17.9. The number of aromatic nitrogens is 2. The number of nitrogens with zero attached hydrogens (tertiary/aromatic N) is 2. The molecule has 0 saturated carbocycles. The Labute approximate surface area is 165 Å². The number of H-pyrrole nitrogens is 1. The summed E-state index contributed by atoms with van der Waals surface area (Å²) < 4.78 is 0. The van der Waals surface area contributed by atoms with Crippen molar-refractivity contribution in [1.82, 2.24) is 14.9 Å². The molecule has 0 bridgehead atoms. The maximum Gasteiger partial charge on any atom is 0.322 e. The third-order valence-electron chi connectivity index (χ3n) is 4.24. The van der Waals surface area contributed by atoms with Crippen molar-refractivity contribution in [2.45, 2.75) is 13.1 Å². The number of carbonyl (C=O) groups is 1. The number of amides is 2. The highest BCUT2D eigenvalue weighted by Crippen LogP contribution is 2.16. The van der Waals surface area contributed by atoms with Gasteiger partial charge in [0, 0.05) is 10.6 Å². The summed E-state index contributed by atoms with van der Waals surface area (Å²) >= 11 is 1.58. The van der Waals surface area contributed by atoms with Crippen LogP contribution in [0.5, 0.6) is 0 Å². The van der Waals surface area contributed by atoms with Crippen LogP contribution >= 0.6 is 11.3 Å². The third-order valence-corrected chi connectivity index (χ3v) is 5.10. The highest BCUT2D eigenvalue weighted by molar-refractivity contribution is 7.09. The molecule has 2 N–H and O–H groups in total. The van der Waals surface area contributed by atoms with E-state index in [4.69, 9.17) is 0 Å². The number of carbonyl (C=O) groups excluding carboxylic acids is 1. The number of hydrogen-bond acceptors (Lipinski definition) is 4. The van der Waals surface area contributed by atoms with E-state index in [2.05, 4.69) is 15.3 Å². The Morgan fingerprint density at radius 1 is 1.00 bits per heavy atom. The molecule has 2 aromatic heterocycles. The molecular weight excluding hydrogens is 372 g/mol. The molecule has 2 aromatic carbocycles. The molecule has 2 amide bonds. The average Bonchev–Trinajstić information content (AvgIpc) is 3.21. The van der Waals surface area contributed by atoms with Crippen molar-refractivity contribution in [2.24, 2.45) is 0 Å².